The van der Waals surface area contributed by atoms with Gasteiger partial charge in [-0.05, 0) is 0 Å². The maximum absolute atomic E-state index is 9.47. The summed E-state index contributed by atoms with van der Waals surface area (Å²) in [5.41, 5.74) is 0. The third-order valence-electron chi connectivity index (χ3n) is 0.238. The van der Waals surface area contributed by atoms with E-state index in [1.54, 1.807) is 0 Å². The molecule has 0 heterocycles. The molecule has 0 rings (SSSR count). The highest BCUT2D eigenvalue weighted by Crippen LogP contribution is 2.33. The molecule has 44 valence electrons. The molecular weight excluding hydrogens is 134 g/mol. The van der Waals surface area contributed by atoms with E-state index in [1.807, 2.05) is 0 Å². The Hall–Kier alpha value is 0.642. The van der Waals surface area contributed by atoms with Gasteiger partial charge in [0.2, 0.25) is 0 Å². The number of hydrogen-bond donors (Lipinski definition) is 2. The second-order valence-corrected chi connectivity index (χ2v) is 2.02. The van der Waals surface area contributed by atoms with Gasteiger partial charge in [-0.1, -0.05) is 0 Å². The summed E-state index contributed by atoms with van der Waals surface area (Å²) in [7, 11) is -3.20. The first-order valence-corrected chi connectivity index (χ1v) is 2.70. The predicted octanol–water partition coefficient (Wildman–Crippen LogP) is -1.46. The minimum absolute atomic E-state index is 0. The van der Waals surface area contributed by atoms with Crippen LogP contribution in [0.5, 0.6) is 0 Å². The van der Waals surface area contributed by atoms with Gasteiger partial charge in [0.05, 0.1) is 0 Å². The molecule has 0 unspecified atom stereocenters. The highest BCUT2D eigenvalue weighted by Gasteiger charge is 2.07. The fourth-order valence-electron chi connectivity index (χ4n) is 0. The maximum atomic E-state index is 9.47. The third kappa shape index (κ3) is 10.8. The van der Waals surface area contributed by atoms with Crippen LogP contribution in [0.25, 0.3) is 0 Å². The molecule has 0 bridgehead atoms. The van der Waals surface area contributed by atoms with Gasteiger partial charge < -0.3 is 9.79 Å². The van der Waals surface area contributed by atoms with Crippen LogP contribution in [0.15, 0.2) is 0 Å². The predicted molar refractivity (Wildman–Crippen MR) is 29.0 cm³/mol. The van der Waals surface area contributed by atoms with Crippen LogP contribution in [0.3, 0.4) is 0 Å². The molecule has 0 amide bonds. The normalized spacial score (nSPS) is 10.1. The van der Waals surface area contributed by atoms with Gasteiger partial charge in [0.25, 0.3) is 0 Å². The van der Waals surface area contributed by atoms with Crippen molar-refractivity contribution in [3.05, 3.63) is 0 Å². The maximum Gasteiger partial charge on any atom is 0.469 e. The number of phosphoric ester groups is 1. The topological polar surface area (TPSA) is 66.8 Å². The van der Waals surface area contributed by atoms with Crippen LogP contribution in [-0.4, -0.2) is 34.3 Å². The molecule has 6 heteroatoms. The third-order valence-corrected chi connectivity index (χ3v) is 0.714. The minimum atomic E-state index is -4.15. The van der Waals surface area contributed by atoms with Crippen LogP contribution < -0.4 is 0 Å². The van der Waals surface area contributed by atoms with Crippen molar-refractivity contribution in [3.8, 4) is 0 Å². The molecule has 4 nitrogen and oxygen atoms in total. The fourth-order valence-corrected chi connectivity index (χ4v) is 0. The van der Waals surface area contributed by atoms with E-state index >= 15 is 0 Å². The zero-order valence-corrected chi connectivity index (χ0v) is 4.05. The van der Waals surface area contributed by atoms with Gasteiger partial charge >= 0.3 is 7.82 Å². The highest BCUT2D eigenvalue weighted by molar-refractivity contribution is 7.46. The van der Waals surface area contributed by atoms with E-state index in [2.05, 4.69) is 4.52 Å². The smallest absolute Gasteiger partial charge is 0.303 e. The Kier molecular flexibility index (Phi) is 5.48. The summed E-state index contributed by atoms with van der Waals surface area (Å²) in [6.45, 7) is 0. The summed E-state index contributed by atoms with van der Waals surface area (Å²) in [4.78, 5) is 15.4. The van der Waals surface area contributed by atoms with Gasteiger partial charge in [-0.2, -0.15) is 0 Å². The van der Waals surface area contributed by atoms with Gasteiger partial charge in [0.1, 0.15) is 0 Å². The number of hydrogen-bond acceptors (Lipinski definition) is 2. The van der Waals surface area contributed by atoms with E-state index in [0.717, 1.165) is 7.11 Å². The van der Waals surface area contributed by atoms with Crippen LogP contribution >= 0.6 is 7.82 Å². The summed E-state index contributed by atoms with van der Waals surface area (Å²) in [5, 5.41) is 0. The fraction of sp³-hybridized carbons (Fsp3) is 1.00. The summed E-state index contributed by atoms with van der Waals surface area (Å²) in [6.07, 6.45) is 0. The lowest BCUT2D eigenvalue weighted by atomic mass is 11.8. The van der Waals surface area contributed by atoms with Crippen molar-refractivity contribution in [1.29, 1.82) is 0 Å². The molecule has 7 heavy (non-hydrogen) atoms. The lowest BCUT2D eigenvalue weighted by molar-refractivity contribution is 0.235. The molecule has 0 aromatic heterocycles. The molecule has 2 N–H and O–H groups in total. The molecule has 0 spiro atoms. The Balaban J connectivity index is 0. The van der Waals surface area contributed by atoms with Gasteiger partial charge in [-0.15, -0.1) is 0 Å². The van der Waals surface area contributed by atoms with Crippen molar-refractivity contribution in [2.45, 2.75) is 0 Å². The Labute approximate surface area is 51.9 Å². The highest BCUT2D eigenvalue weighted by atomic mass is 31.2. The van der Waals surface area contributed by atoms with E-state index in [4.69, 9.17) is 9.79 Å². The van der Waals surface area contributed by atoms with Crippen LogP contribution in [0.4, 0.5) is 0 Å². The summed E-state index contributed by atoms with van der Waals surface area (Å²) >= 11 is 0. The summed E-state index contributed by atoms with van der Waals surface area (Å²) in [5.74, 6) is 0. The minimum Gasteiger partial charge on any atom is -0.303 e. The molecule has 0 radical (unpaired) electrons. The second kappa shape index (κ2) is 3.62. The van der Waals surface area contributed by atoms with E-state index in [0.29, 0.717) is 0 Å². The number of rotatable bonds is 1. The lowest BCUT2D eigenvalue weighted by Gasteiger charge is -1.93. The van der Waals surface area contributed by atoms with Crippen LogP contribution in [0.1, 0.15) is 0 Å². The summed E-state index contributed by atoms with van der Waals surface area (Å²) in [6, 6.07) is 0. The van der Waals surface area contributed by atoms with Crippen molar-refractivity contribution in [1.82, 2.24) is 0 Å². The average Bonchev–Trinajstić information content (AvgIpc) is 1.35. The van der Waals surface area contributed by atoms with E-state index in [-0.39, 0.29) is 17.4 Å². The zero-order valence-electron chi connectivity index (χ0n) is 3.16. The average molecular weight is 142 g/mol. The molecule has 0 aromatic rings. The monoisotopic (exact) mass is 142 g/mol. The van der Waals surface area contributed by atoms with Crippen molar-refractivity contribution in [3.63, 3.8) is 0 Å². The Morgan fingerprint density at radius 3 is 1.71 bits per heavy atom. The van der Waals surface area contributed by atoms with E-state index < -0.39 is 7.82 Å². The quantitative estimate of drug-likeness (QED) is 0.347. The molecule has 0 atom stereocenters. The Morgan fingerprint density at radius 1 is 1.57 bits per heavy atom. The van der Waals surface area contributed by atoms with Crippen molar-refractivity contribution >= 4 is 25.2 Å². The van der Waals surface area contributed by atoms with E-state index in [1.165, 1.54) is 0 Å². The molecular formula is CH8AlO4P. The molecule has 0 fully saturated rings. The van der Waals surface area contributed by atoms with Crippen LogP contribution in [0, 0.1) is 0 Å². The van der Waals surface area contributed by atoms with Gasteiger partial charge in [-0.25, -0.2) is 4.57 Å². The first-order valence-electron chi connectivity index (χ1n) is 1.17. The van der Waals surface area contributed by atoms with Gasteiger partial charge in [0.15, 0.2) is 17.4 Å². The molecule has 0 aromatic carbocycles. The van der Waals surface area contributed by atoms with Gasteiger partial charge in [0, 0.05) is 7.11 Å². The van der Waals surface area contributed by atoms with Crippen molar-refractivity contribution in [2.75, 3.05) is 7.11 Å². The molecule has 0 aliphatic heterocycles. The van der Waals surface area contributed by atoms with Crippen LogP contribution in [-0.2, 0) is 9.09 Å². The first-order chi connectivity index (χ1) is 2.56. The van der Waals surface area contributed by atoms with E-state index in [9.17, 15) is 4.57 Å². The van der Waals surface area contributed by atoms with Crippen molar-refractivity contribution < 1.29 is 18.9 Å². The lowest BCUT2D eigenvalue weighted by Crippen LogP contribution is -1.76. The zero-order chi connectivity index (χ0) is 5.21. The first kappa shape index (κ1) is 10.6. The Morgan fingerprint density at radius 2 is 1.71 bits per heavy atom. The number of phosphoric acid groups is 1. The molecule has 0 saturated carbocycles. The SMILES string of the molecule is COP(=O)(O)O.[AlH3]. The second-order valence-electron chi connectivity index (χ2n) is 0.673. The molecule has 0 saturated heterocycles. The molecule has 0 aliphatic rings. The Bertz CT molecular complexity index is 75.8. The standard InChI is InChI=1S/CH5O4P.Al.3H/c1-5-6(2,3)4;;;;/h1H3,(H2,2,3,4);;;;. The summed E-state index contributed by atoms with van der Waals surface area (Å²) < 4.78 is 13.1. The van der Waals surface area contributed by atoms with Gasteiger partial charge in [-0.3, -0.25) is 4.52 Å². The largest absolute Gasteiger partial charge is 0.469 e. The molecule has 0 aliphatic carbocycles. The van der Waals surface area contributed by atoms with Crippen molar-refractivity contribution in [2.24, 2.45) is 0 Å². The van der Waals surface area contributed by atoms with Crippen LogP contribution in [0.2, 0.25) is 0 Å².